The summed E-state index contributed by atoms with van der Waals surface area (Å²) in [6, 6.07) is 17.4. The van der Waals surface area contributed by atoms with Crippen molar-refractivity contribution >= 4 is 23.3 Å². The van der Waals surface area contributed by atoms with Gasteiger partial charge in [-0.1, -0.05) is 60.7 Å². The molecule has 2 unspecified atom stereocenters. The normalized spacial score (nSPS) is 26.7. The van der Waals surface area contributed by atoms with Crippen LogP contribution in [-0.4, -0.2) is 12.2 Å². The molecule has 1 nitrogen and oxygen atoms in total. The summed E-state index contributed by atoms with van der Waals surface area (Å²) in [7, 11) is 0. The van der Waals surface area contributed by atoms with E-state index in [9.17, 15) is 0 Å². The van der Waals surface area contributed by atoms with Crippen molar-refractivity contribution in [2.45, 2.75) is 25.0 Å². The van der Waals surface area contributed by atoms with Crippen molar-refractivity contribution in [2.24, 2.45) is 0 Å². The third kappa shape index (κ3) is 1.55. The Morgan fingerprint density at radius 2 is 1.14 bits per heavy atom. The summed E-state index contributed by atoms with van der Waals surface area (Å²) in [4.78, 5) is 0. The number of hydrogen-bond donors (Lipinski definition) is 0. The Morgan fingerprint density at radius 1 is 0.667 bits per heavy atom. The van der Waals surface area contributed by atoms with Gasteiger partial charge in [0.05, 0.1) is 12.2 Å². The monoisotopic (exact) mass is 272 g/mol. The minimum Gasteiger partial charge on any atom is -0.366 e. The van der Waals surface area contributed by atoms with Gasteiger partial charge in [0.25, 0.3) is 0 Å². The summed E-state index contributed by atoms with van der Waals surface area (Å²) in [5, 5.41) is 0. The van der Waals surface area contributed by atoms with Gasteiger partial charge < -0.3 is 4.74 Å². The fourth-order valence-electron chi connectivity index (χ4n) is 4.00. The molecule has 1 saturated heterocycles. The van der Waals surface area contributed by atoms with E-state index in [0.717, 1.165) is 12.8 Å². The zero-order chi connectivity index (χ0) is 13.8. The van der Waals surface area contributed by atoms with E-state index in [2.05, 4.69) is 60.7 Å². The van der Waals surface area contributed by atoms with Gasteiger partial charge in [-0.05, 0) is 46.2 Å². The molecule has 3 aliphatic rings. The van der Waals surface area contributed by atoms with Gasteiger partial charge >= 0.3 is 0 Å². The van der Waals surface area contributed by atoms with Crippen LogP contribution in [0, 0.1) is 0 Å². The number of ether oxygens (including phenoxy) is 1. The summed E-state index contributed by atoms with van der Waals surface area (Å²) in [5.41, 5.74) is 8.17. The van der Waals surface area contributed by atoms with Gasteiger partial charge in [0.1, 0.15) is 0 Å². The summed E-state index contributed by atoms with van der Waals surface area (Å²) in [6.07, 6.45) is 7.36. The Bertz CT molecular complexity index is 731. The second-order valence-corrected chi connectivity index (χ2v) is 6.03. The van der Waals surface area contributed by atoms with E-state index in [0.29, 0.717) is 0 Å². The first-order chi connectivity index (χ1) is 10.4. The third-order valence-corrected chi connectivity index (χ3v) is 4.90. The Morgan fingerprint density at radius 3 is 1.67 bits per heavy atom. The second kappa shape index (κ2) is 4.19. The van der Waals surface area contributed by atoms with Crippen molar-refractivity contribution in [1.82, 2.24) is 0 Å². The summed E-state index contributed by atoms with van der Waals surface area (Å²) in [6.45, 7) is 0. The first kappa shape index (κ1) is 11.5. The highest BCUT2D eigenvalue weighted by molar-refractivity contribution is 6.02. The van der Waals surface area contributed by atoms with E-state index in [1.807, 2.05) is 0 Å². The lowest BCUT2D eigenvalue weighted by Gasteiger charge is -2.22. The van der Waals surface area contributed by atoms with Crippen LogP contribution < -0.4 is 0 Å². The zero-order valence-corrected chi connectivity index (χ0v) is 11.8. The Hall–Kier alpha value is -2.12. The highest BCUT2D eigenvalue weighted by atomic mass is 16.5. The molecule has 2 bridgehead atoms. The quantitative estimate of drug-likeness (QED) is 0.678. The molecule has 2 aromatic carbocycles. The van der Waals surface area contributed by atoms with Gasteiger partial charge in [-0.25, -0.2) is 0 Å². The molecule has 5 rings (SSSR count). The van der Waals surface area contributed by atoms with Gasteiger partial charge in [-0.3, -0.25) is 0 Å². The maximum atomic E-state index is 6.24. The largest absolute Gasteiger partial charge is 0.366 e. The number of rotatable bonds is 0. The molecule has 0 amide bonds. The van der Waals surface area contributed by atoms with Gasteiger partial charge in [-0.15, -0.1) is 0 Å². The SMILES string of the molecule is C1=C\c2ccccc2C2=C(c3ccccc3/1)C1CCC2O1. The van der Waals surface area contributed by atoms with E-state index in [-0.39, 0.29) is 12.2 Å². The van der Waals surface area contributed by atoms with Crippen LogP contribution in [0.2, 0.25) is 0 Å². The molecule has 21 heavy (non-hydrogen) atoms. The van der Waals surface area contributed by atoms with Gasteiger partial charge in [-0.2, -0.15) is 0 Å². The van der Waals surface area contributed by atoms with Crippen molar-refractivity contribution in [1.29, 1.82) is 0 Å². The number of fused-ring (bicyclic) bond motifs is 8. The molecule has 2 aromatic rings. The molecule has 2 atom stereocenters. The van der Waals surface area contributed by atoms with Crippen LogP contribution in [0.25, 0.3) is 23.3 Å². The Labute approximate surface area is 124 Å². The lowest BCUT2D eigenvalue weighted by Crippen LogP contribution is -2.10. The molecular weight excluding hydrogens is 256 g/mol. The predicted molar refractivity (Wildman–Crippen MR) is 86.5 cm³/mol. The van der Waals surface area contributed by atoms with Crippen molar-refractivity contribution in [3.63, 3.8) is 0 Å². The summed E-state index contributed by atoms with van der Waals surface area (Å²) >= 11 is 0. The molecular formula is C20H16O. The van der Waals surface area contributed by atoms with Crippen LogP contribution in [0.5, 0.6) is 0 Å². The molecule has 0 radical (unpaired) electrons. The minimum absolute atomic E-state index is 0.283. The fourth-order valence-corrected chi connectivity index (χ4v) is 4.00. The first-order valence-electron chi connectivity index (χ1n) is 7.68. The van der Waals surface area contributed by atoms with E-state index >= 15 is 0 Å². The lowest BCUT2D eigenvalue weighted by atomic mass is 9.80. The Balaban J connectivity index is 1.88. The molecule has 0 spiro atoms. The molecule has 0 N–H and O–H groups in total. The topological polar surface area (TPSA) is 9.23 Å². The summed E-state index contributed by atoms with van der Waals surface area (Å²) in [5.74, 6) is 0. The molecule has 2 heterocycles. The van der Waals surface area contributed by atoms with Crippen molar-refractivity contribution in [3.05, 3.63) is 70.8 Å². The smallest absolute Gasteiger partial charge is 0.0844 e. The molecule has 0 saturated carbocycles. The molecule has 1 heteroatoms. The first-order valence-corrected chi connectivity index (χ1v) is 7.68. The van der Waals surface area contributed by atoms with Crippen LogP contribution in [-0.2, 0) is 4.74 Å². The molecule has 1 aliphatic carbocycles. The van der Waals surface area contributed by atoms with Crippen LogP contribution >= 0.6 is 0 Å². The highest BCUT2D eigenvalue weighted by Gasteiger charge is 2.42. The molecule has 1 fully saturated rings. The maximum Gasteiger partial charge on any atom is 0.0844 e. The molecule has 2 aliphatic heterocycles. The zero-order valence-electron chi connectivity index (χ0n) is 11.8. The van der Waals surface area contributed by atoms with E-state index in [1.54, 1.807) is 0 Å². The Kier molecular flexibility index (Phi) is 2.30. The highest BCUT2D eigenvalue weighted by Crippen LogP contribution is 2.50. The van der Waals surface area contributed by atoms with Crippen molar-refractivity contribution in [2.75, 3.05) is 0 Å². The van der Waals surface area contributed by atoms with Crippen LogP contribution in [0.4, 0.5) is 0 Å². The average molecular weight is 272 g/mol. The predicted octanol–water partition coefficient (Wildman–Crippen LogP) is 4.64. The summed E-state index contributed by atoms with van der Waals surface area (Å²) < 4.78 is 6.24. The van der Waals surface area contributed by atoms with E-state index in [1.165, 1.54) is 33.4 Å². The second-order valence-electron chi connectivity index (χ2n) is 6.03. The van der Waals surface area contributed by atoms with Gasteiger partial charge in [0.2, 0.25) is 0 Å². The van der Waals surface area contributed by atoms with Crippen molar-refractivity contribution in [3.8, 4) is 0 Å². The van der Waals surface area contributed by atoms with Crippen molar-refractivity contribution < 1.29 is 4.74 Å². The maximum absolute atomic E-state index is 6.24. The minimum atomic E-state index is 0.283. The van der Waals surface area contributed by atoms with E-state index in [4.69, 9.17) is 4.74 Å². The standard InChI is InChI=1S/C20H16O/c1-3-7-15-13(5-1)9-10-14-6-2-4-8-16(14)20-18-12-11-17(21-18)19(15)20/h1-10,17-18H,11-12H2/b10-9-,13-9?,14-10?,19-15?,20-16?. The number of hydrogen-bond acceptors (Lipinski definition) is 1. The van der Waals surface area contributed by atoms with Crippen LogP contribution in [0.15, 0.2) is 48.5 Å². The fraction of sp³-hybridized carbons (Fsp3) is 0.200. The molecule has 0 aromatic heterocycles. The van der Waals surface area contributed by atoms with Crippen LogP contribution in [0.3, 0.4) is 0 Å². The third-order valence-electron chi connectivity index (χ3n) is 4.90. The number of benzene rings is 2. The average Bonchev–Trinajstić information content (AvgIpc) is 3.12. The van der Waals surface area contributed by atoms with Gasteiger partial charge in [0, 0.05) is 0 Å². The molecule has 102 valence electrons. The lowest BCUT2D eigenvalue weighted by molar-refractivity contribution is 0.128. The van der Waals surface area contributed by atoms with Crippen LogP contribution in [0.1, 0.15) is 35.1 Å². The van der Waals surface area contributed by atoms with Gasteiger partial charge in [0.15, 0.2) is 0 Å². The van der Waals surface area contributed by atoms with E-state index < -0.39 is 0 Å².